The molecule has 1 aromatic rings. The number of anilines is 1. The second-order valence-electron chi connectivity index (χ2n) is 3.10. The van der Waals surface area contributed by atoms with Gasteiger partial charge in [-0.1, -0.05) is 12.1 Å². The maximum atomic E-state index is 7.47. The Kier molecular flexibility index (Phi) is 5.79. The lowest BCUT2D eigenvalue weighted by Gasteiger charge is -2.23. The van der Waals surface area contributed by atoms with Crippen molar-refractivity contribution in [3.05, 3.63) is 29.8 Å². The molecule has 1 rings (SSSR count). The van der Waals surface area contributed by atoms with Gasteiger partial charge in [-0.25, -0.2) is 0 Å². The fourth-order valence-electron chi connectivity index (χ4n) is 1.54. The zero-order valence-electron chi connectivity index (χ0n) is 9.16. The molecule has 0 atom stereocenters. The molecule has 0 aliphatic heterocycles. The zero-order chi connectivity index (χ0) is 10.6. The molecule has 0 fully saturated rings. The topological polar surface area (TPSA) is 53.1 Å². The molecule has 0 spiro atoms. The van der Waals surface area contributed by atoms with Crippen molar-refractivity contribution in [1.82, 2.24) is 0 Å². The molecule has 3 nitrogen and oxygen atoms in total. The quantitative estimate of drug-likeness (QED) is 0.612. The number of amidine groups is 1. The van der Waals surface area contributed by atoms with Gasteiger partial charge in [-0.15, -0.1) is 12.4 Å². The van der Waals surface area contributed by atoms with Gasteiger partial charge in [-0.2, -0.15) is 0 Å². The van der Waals surface area contributed by atoms with Gasteiger partial charge in [0.2, 0.25) is 0 Å². The van der Waals surface area contributed by atoms with Crippen LogP contribution < -0.4 is 10.6 Å². The minimum absolute atomic E-state index is 0. The molecule has 15 heavy (non-hydrogen) atoms. The Labute approximate surface area is 97.2 Å². The van der Waals surface area contributed by atoms with Gasteiger partial charge >= 0.3 is 0 Å². The first-order chi connectivity index (χ1) is 6.70. The standard InChI is InChI=1S/C11H17N3.ClH/c1-3-14(4-2)10-8-6-5-7-9(10)11(12)13;/h5-8H,3-4H2,1-2H3,(H3,12,13);1H. The van der Waals surface area contributed by atoms with E-state index in [1.807, 2.05) is 24.3 Å². The van der Waals surface area contributed by atoms with Crippen molar-refractivity contribution in [2.24, 2.45) is 5.73 Å². The summed E-state index contributed by atoms with van der Waals surface area (Å²) in [5, 5.41) is 7.47. The smallest absolute Gasteiger partial charge is 0.124 e. The van der Waals surface area contributed by atoms with Crippen LogP contribution >= 0.6 is 12.4 Å². The van der Waals surface area contributed by atoms with Gasteiger partial charge in [0, 0.05) is 24.3 Å². The highest BCUT2D eigenvalue weighted by Gasteiger charge is 2.08. The van der Waals surface area contributed by atoms with Crippen molar-refractivity contribution >= 4 is 23.9 Å². The lowest BCUT2D eigenvalue weighted by atomic mass is 10.1. The van der Waals surface area contributed by atoms with E-state index in [9.17, 15) is 0 Å². The van der Waals surface area contributed by atoms with Gasteiger partial charge in [0.15, 0.2) is 0 Å². The van der Waals surface area contributed by atoms with E-state index in [0.29, 0.717) is 0 Å². The zero-order valence-corrected chi connectivity index (χ0v) is 9.97. The van der Waals surface area contributed by atoms with Gasteiger partial charge in [0.1, 0.15) is 5.84 Å². The lowest BCUT2D eigenvalue weighted by molar-refractivity contribution is 0.865. The van der Waals surface area contributed by atoms with Gasteiger partial charge < -0.3 is 10.6 Å². The first-order valence-corrected chi connectivity index (χ1v) is 4.89. The summed E-state index contributed by atoms with van der Waals surface area (Å²) in [5.41, 5.74) is 7.38. The second kappa shape index (κ2) is 6.30. The van der Waals surface area contributed by atoms with Crippen LogP contribution in [0.5, 0.6) is 0 Å². The number of nitrogens with one attached hydrogen (secondary N) is 1. The van der Waals surface area contributed by atoms with Gasteiger partial charge in [-0.3, -0.25) is 5.41 Å². The van der Waals surface area contributed by atoms with E-state index >= 15 is 0 Å². The molecule has 0 unspecified atom stereocenters. The molecule has 84 valence electrons. The van der Waals surface area contributed by atoms with Crippen LogP contribution in [0.4, 0.5) is 5.69 Å². The third-order valence-corrected chi connectivity index (χ3v) is 2.30. The third kappa shape index (κ3) is 3.13. The van der Waals surface area contributed by atoms with Crippen LogP contribution in [0.15, 0.2) is 24.3 Å². The van der Waals surface area contributed by atoms with Crippen molar-refractivity contribution in [3.8, 4) is 0 Å². The van der Waals surface area contributed by atoms with Gasteiger partial charge in [0.05, 0.1) is 0 Å². The number of nitrogen functional groups attached to an aromatic ring is 1. The molecule has 0 radical (unpaired) electrons. The van der Waals surface area contributed by atoms with Gasteiger partial charge in [0.25, 0.3) is 0 Å². The molecular weight excluding hydrogens is 210 g/mol. The van der Waals surface area contributed by atoms with E-state index in [0.717, 1.165) is 24.3 Å². The van der Waals surface area contributed by atoms with Crippen molar-refractivity contribution in [1.29, 1.82) is 5.41 Å². The fourth-order valence-corrected chi connectivity index (χ4v) is 1.54. The van der Waals surface area contributed by atoms with E-state index in [1.165, 1.54) is 0 Å². The molecule has 4 heteroatoms. The molecule has 0 aromatic heterocycles. The summed E-state index contributed by atoms with van der Waals surface area (Å²) in [7, 11) is 0. The average Bonchev–Trinajstić information content (AvgIpc) is 2.20. The first-order valence-electron chi connectivity index (χ1n) is 4.89. The van der Waals surface area contributed by atoms with Crippen LogP contribution in [0.1, 0.15) is 19.4 Å². The maximum absolute atomic E-state index is 7.47. The number of para-hydroxylation sites is 1. The predicted octanol–water partition coefficient (Wildman–Crippen LogP) is 2.24. The molecular formula is C11H18ClN3. The summed E-state index contributed by atoms with van der Waals surface area (Å²) in [5.74, 6) is 0.132. The van der Waals surface area contributed by atoms with Crippen molar-refractivity contribution in [2.75, 3.05) is 18.0 Å². The minimum Gasteiger partial charge on any atom is -0.384 e. The molecule has 0 heterocycles. The third-order valence-electron chi connectivity index (χ3n) is 2.30. The number of benzene rings is 1. The number of nitrogens with zero attached hydrogens (tertiary/aromatic N) is 1. The highest BCUT2D eigenvalue weighted by molar-refractivity contribution is 6.00. The summed E-state index contributed by atoms with van der Waals surface area (Å²) < 4.78 is 0. The van der Waals surface area contributed by atoms with Gasteiger partial charge in [-0.05, 0) is 26.0 Å². The summed E-state index contributed by atoms with van der Waals surface area (Å²) in [4.78, 5) is 2.19. The van der Waals surface area contributed by atoms with Crippen molar-refractivity contribution in [2.45, 2.75) is 13.8 Å². The Hall–Kier alpha value is -1.22. The Morgan fingerprint density at radius 1 is 1.27 bits per heavy atom. The van der Waals surface area contributed by atoms with Crippen LogP contribution in [-0.2, 0) is 0 Å². The summed E-state index contributed by atoms with van der Waals surface area (Å²) in [6.45, 7) is 6.06. The highest BCUT2D eigenvalue weighted by atomic mass is 35.5. The largest absolute Gasteiger partial charge is 0.384 e. The normalized spacial score (nSPS) is 9.20. The Bertz CT molecular complexity index is 321. The summed E-state index contributed by atoms with van der Waals surface area (Å²) >= 11 is 0. The fraction of sp³-hybridized carbons (Fsp3) is 0.364. The van der Waals surface area contributed by atoms with Crippen LogP contribution in [0.3, 0.4) is 0 Å². The Morgan fingerprint density at radius 2 is 1.80 bits per heavy atom. The van der Waals surface area contributed by atoms with Crippen LogP contribution in [0.25, 0.3) is 0 Å². The Morgan fingerprint density at radius 3 is 2.27 bits per heavy atom. The summed E-state index contributed by atoms with van der Waals surface area (Å²) in [6.07, 6.45) is 0. The molecule has 0 amide bonds. The molecule has 0 saturated heterocycles. The molecule has 3 N–H and O–H groups in total. The van der Waals surface area contributed by atoms with Crippen molar-refractivity contribution < 1.29 is 0 Å². The van der Waals surface area contributed by atoms with E-state index in [-0.39, 0.29) is 18.2 Å². The predicted molar refractivity (Wildman–Crippen MR) is 68.3 cm³/mol. The number of nitrogens with two attached hydrogens (primary N) is 1. The molecule has 1 aromatic carbocycles. The van der Waals surface area contributed by atoms with Crippen molar-refractivity contribution in [3.63, 3.8) is 0 Å². The lowest BCUT2D eigenvalue weighted by Crippen LogP contribution is -2.25. The maximum Gasteiger partial charge on any atom is 0.124 e. The average molecular weight is 228 g/mol. The van der Waals surface area contributed by atoms with E-state index in [1.54, 1.807) is 0 Å². The van der Waals surface area contributed by atoms with E-state index < -0.39 is 0 Å². The molecule has 0 saturated carbocycles. The Balaban J connectivity index is 0.00000196. The number of halogens is 1. The molecule has 0 aliphatic rings. The number of hydrogen-bond donors (Lipinski definition) is 2. The molecule has 0 aliphatic carbocycles. The first kappa shape index (κ1) is 13.8. The number of rotatable bonds is 4. The van der Waals surface area contributed by atoms with E-state index in [4.69, 9.17) is 11.1 Å². The van der Waals surface area contributed by atoms with Crippen LogP contribution in [-0.4, -0.2) is 18.9 Å². The monoisotopic (exact) mass is 227 g/mol. The number of hydrogen-bond acceptors (Lipinski definition) is 2. The van der Waals surface area contributed by atoms with Crippen LogP contribution in [0.2, 0.25) is 0 Å². The molecule has 0 bridgehead atoms. The summed E-state index contributed by atoms with van der Waals surface area (Å²) in [6, 6.07) is 7.77. The highest BCUT2D eigenvalue weighted by Crippen LogP contribution is 2.19. The van der Waals surface area contributed by atoms with E-state index in [2.05, 4.69) is 18.7 Å². The minimum atomic E-state index is 0. The second-order valence-corrected chi connectivity index (χ2v) is 3.10. The SMILES string of the molecule is CCN(CC)c1ccccc1C(=N)N.Cl. The van der Waals surface area contributed by atoms with Crippen LogP contribution in [0, 0.1) is 5.41 Å².